The zero-order chi connectivity index (χ0) is 81.3. The van der Waals surface area contributed by atoms with Gasteiger partial charge in [-0.25, -0.2) is 0 Å². The second kappa shape index (κ2) is 29.3. The summed E-state index contributed by atoms with van der Waals surface area (Å²) in [4.78, 5) is 0. The monoisotopic (exact) mass is 1720 g/mol. The van der Waals surface area contributed by atoms with E-state index in [9.17, 15) is 5.11 Å². The van der Waals surface area contributed by atoms with Gasteiger partial charge >= 0.3 is 21.4 Å². The first-order valence-corrected chi connectivity index (χ1v) is 43.4. The molecule has 9 nitrogen and oxygen atoms in total. The van der Waals surface area contributed by atoms with E-state index in [0.717, 1.165) is 96.7 Å². The molecule has 23 rings (SSSR count). The van der Waals surface area contributed by atoms with Gasteiger partial charge in [0.2, 0.25) is 0 Å². The van der Waals surface area contributed by atoms with Crippen LogP contribution in [-0.4, -0.2) is 60.1 Å². The van der Waals surface area contributed by atoms with E-state index in [1.54, 1.807) is 11.3 Å². The second-order valence-electron chi connectivity index (χ2n) is 34.4. The van der Waals surface area contributed by atoms with E-state index in [-0.39, 0.29) is 62.4 Å². The van der Waals surface area contributed by atoms with E-state index in [1.807, 2.05) is 72.0 Å². The molecule has 3 aliphatic rings. The fourth-order valence-electron chi connectivity index (χ4n) is 17.2. The van der Waals surface area contributed by atoms with Crippen LogP contribution in [0.4, 0.5) is 0 Å². The molecule has 20 aromatic rings. The van der Waals surface area contributed by atoms with Crippen LogP contribution in [0, 0.1) is 0 Å². The van der Waals surface area contributed by atoms with Gasteiger partial charge in [-0.15, -0.1) is 22.7 Å². The fraction of sp³-hybridized carbons (Fsp3) is 0.184. The molecule has 119 heavy (non-hydrogen) atoms. The number of aromatic hydroxyl groups is 1. The van der Waals surface area contributed by atoms with Crippen molar-refractivity contribution in [3.05, 3.63) is 288 Å². The lowest BCUT2D eigenvalue weighted by molar-refractivity contribution is 0.00578. The van der Waals surface area contributed by atoms with Crippen LogP contribution >= 0.6 is 54.5 Å². The van der Waals surface area contributed by atoms with Crippen LogP contribution < -0.4 is 16.4 Å². The van der Waals surface area contributed by atoms with Gasteiger partial charge < -0.3 is 41.9 Å². The van der Waals surface area contributed by atoms with Crippen molar-refractivity contribution in [2.75, 3.05) is 0 Å². The quantitative estimate of drug-likeness (QED) is 0.133. The summed E-state index contributed by atoms with van der Waals surface area (Å²) < 4.78 is 57.5. The number of halogens is 2. The number of thiophene rings is 2. The lowest BCUT2D eigenvalue weighted by Gasteiger charge is -2.32. The van der Waals surface area contributed by atoms with Gasteiger partial charge in [-0.3, -0.25) is 0 Å². The van der Waals surface area contributed by atoms with Crippen molar-refractivity contribution in [3.8, 4) is 28.0 Å². The second-order valence-corrected chi connectivity index (χ2v) is 38.4. The topological polar surface area (TPSA) is 102 Å². The Labute approximate surface area is 717 Å². The molecule has 0 atom stereocenters. The van der Waals surface area contributed by atoms with Crippen LogP contribution in [0.25, 0.3) is 171 Å². The van der Waals surface area contributed by atoms with Crippen molar-refractivity contribution in [1.29, 1.82) is 0 Å². The minimum Gasteiger partial charge on any atom is -0.507 e. The summed E-state index contributed by atoms with van der Waals surface area (Å²) in [5.41, 5.74) is 9.10. The van der Waals surface area contributed by atoms with E-state index in [2.05, 4.69) is 333 Å². The largest absolute Gasteiger partial charge is 0.507 e. The summed E-state index contributed by atoms with van der Waals surface area (Å²) in [6, 6.07) is 97.8. The van der Waals surface area contributed by atoms with Crippen LogP contribution in [0.1, 0.15) is 90.5 Å². The first kappa shape index (κ1) is 78.7. The third-order valence-electron chi connectivity index (χ3n) is 25.6. The van der Waals surface area contributed by atoms with Gasteiger partial charge in [-0.2, -0.15) is 0 Å². The number of phenols is 1. The lowest BCUT2D eigenvalue weighted by atomic mass is 9.78. The highest BCUT2D eigenvalue weighted by molar-refractivity contribution is 9.10. The summed E-state index contributed by atoms with van der Waals surface area (Å²) in [7, 11) is -1.06. The molecule has 3 fully saturated rings. The SMILES string of the molecule is Brc1ccc2c(c1)oc1c3ccccc3c3ccccc3c21.C.CC1(C)OB(c2ccc3c(c2)sc2cc(-c4ccc5c(c4)oc4c6ccccc6c6ccccc6c54)ccc23)OC1(C)C.CC1(C)OB(c2ccc3c(c2)sc2cc(B4OC(C)(C)C(C)(C)O4)ccc23)OC1(C)C.Oc1c(-c2ccc(Br)cc2)c2ccccc2c2ccccc12. The van der Waals surface area contributed by atoms with Crippen molar-refractivity contribution in [3.63, 3.8) is 0 Å². The number of hydrogen-bond acceptors (Lipinski definition) is 11. The fourth-order valence-corrected chi connectivity index (χ4v) is 20.2. The number of hydrogen-bond donors (Lipinski definition) is 1. The van der Waals surface area contributed by atoms with Crippen LogP contribution in [0.3, 0.4) is 0 Å². The van der Waals surface area contributed by atoms with E-state index in [1.165, 1.54) is 99.8 Å². The molecule has 3 saturated heterocycles. The Bertz CT molecular complexity index is 7370. The molecule has 1 N–H and O–H groups in total. The molecule has 0 spiro atoms. The molecule has 3 aliphatic heterocycles. The minimum atomic E-state index is -0.361. The maximum Gasteiger partial charge on any atom is 0.494 e. The molecule has 16 aromatic carbocycles. The summed E-state index contributed by atoms with van der Waals surface area (Å²) >= 11 is 10.6. The predicted octanol–water partition coefficient (Wildman–Crippen LogP) is 28.3. The number of fused-ring (bicyclic) bond motifs is 25. The molecule has 0 aliphatic carbocycles. The Hall–Kier alpha value is -10.2. The molecule has 7 heterocycles. The van der Waals surface area contributed by atoms with Crippen LogP contribution in [0.15, 0.2) is 297 Å². The van der Waals surface area contributed by atoms with Crippen molar-refractivity contribution in [2.45, 2.75) is 124 Å². The Morgan fingerprint density at radius 2 is 0.538 bits per heavy atom. The Kier molecular flexibility index (Phi) is 19.4. The summed E-state index contributed by atoms with van der Waals surface area (Å²) in [5.74, 6) is 0.344. The van der Waals surface area contributed by atoms with Crippen molar-refractivity contribution >= 4 is 241 Å². The number of phenolic OH excluding ortho intramolecular Hbond substituents is 1. The number of rotatable bonds is 5. The molecule has 0 amide bonds. The third-order valence-corrected chi connectivity index (χ3v) is 28.9. The zero-order valence-corrected chi connectivity index (χ0v) is 72.4. The highest BCUT2D eigenvalue weighted by atomic mass is 79.9. The normalized spacial score (nSPS) is 16.4. The van der Waals surface area contributed by atoms with Gasteiger partial charge in [0, 0.05) is 92.6 Å². The molecule has 0 radical (unpaired) electrons. The standard InChI is InChI=1S/C38H29BO3S.C24H30B2O4S.C20H11BrO.C20H13BrO.CH4/c1-37(2)38(3,4)42-39(41-37)24-15-18-28-27-16-13-23(20-33(27)43-34(28)21-24)22-14-17-31-32(19-22)40-36-30-12-8-6-10-26(30)25-9-5-7-11-29(25)35(31)36;1-21(2)22(3,4)28-25(27-21)15-9-11-17-18-12-10-16(14-20(18)31-19(17)13-15)26-29-23(5,6)24(7,8)30-26;21-12-9-10-17-18(11-12)22-20-16-8-4-2-6-14(16)13-5-1-3-7-15(13)19(17)20;21-14-11-9-13(10-12-14)19-17-7-3-1-5-15(17)16-6-2-4-8-18(16)20(19)22;/h5-21H,1-4H3;9-14H,1-8H3;1-11H;1-12,22H;1H4. The highest BCUT2D eigenvalue weighted by Gasteiger charge is 2.54. The molecule has 0 bridgehead atoms. The highest BCUT2D eigenvalue weighted by Crippen LogP contribution is 2.49. The third kappa shape index (κ3) is 13.3. The van der Waals surface area contributed by atoms with Crippen LogP contribution in [0.2, 0.25) is 0 Å². The summed E-state index contributed by atoms with van der Waals surface area (Å²) in [6.45, 7) is 25.1. The molecule has 0 unspecified atom stereocenters. The van der Waals surface area contributed by atoms with Gasteiger partial charge in [0.05, 0.1) is 33.6 Å². The van der Waals surface area contributed by atoms with Gasteiger partial charge in [0.25, 0.3) is 0 Å². The Morgan fingerprint density at radius 3 is 0.941 bits per heavy atom. The lowest BCUT2D eigenvalue weighted by Crippen LogP contribution is -2.41. The average molecular weight is 1730 g/mol. The first-order chi connectivity index (χ1) is 56.6. The van der Waals surface area contributed by atoms with Crippen molar-refractivity contribution in [2.24, 2.45) is 0 Å². The van der Waals surface area contributed by atoms with Gasteiger partial charge in [0.15, 0.2) is 0 Å². The summed E-state index contributed by atoms with van der Waals surface area (Å²) in [5, 5.41) is 34.6. The van der Waals surface area contributed by atoms with E-state index < -0.39 is 0 Å². The Morgan fingerprint density at radius 1 is 0.261 bits per heavy atom. The first-order valence-electron chi connectivity index (χ1n) is 40.2. The molecule has 4 aromatic heterocycles. The van der Waals surface area contributed by atoms with Gasteiger partial charge in [0.1, 0.15) is 28.1 Å². The van der Waals surface area contributed by atoms with Crippen LogP contribution in [-0.2, 0) is 27.9 Å². The van der Waals surface area contributed by atoms with Gasteiger partial charge in [-0.05, 0) is 231 Å². The van der Waals surface area contributed by atoms with Crippen molar-refractivity contribution < 1.29 is 41.9 Å². The van der Waals surface area contributed by atoms with E-state index in [0.29, 0.717) is 5.75 Å². The maximum atomic E-state index is 10.9. The molecule has 16 heteroatoms. The van der Waals surface area contributed by atoms with Crippen molar-refractivity contribution in [1.82, 2.24) is 0 Å². The molecular weight excluding hydrogens is 1640 g/mol. The maximum absolute atomic E-state index is 10.9. The van der Waals surface area contributed by atoms with E-state index in [4.69, 9.17) is 36.8 Å². The average Bonchev–Trinajstić information content (AvgIpc) is 1.67. The minimum absolute atomic E-state index is 0. The molecule has 588 valence electrons. The number of benzene rings is 16. The molecular formula is C103H87B3Br2O9S2. The van der Waals surface area contributed by atoms with Crippen LogP contribution in [0.5, 0.6) is 5.75 Å². The van der Waals surface area contributed by atoms with E-state index >= 15 is 0 Å². The smallest absolute Gasteiger partial charge is 0.494 e. The predicted molar refractivity (Wildman–Crippen MR) is 513 cm³/mol. The number of furan rings is 2. The summed E-state index contributed by atoms with van der Waals surface area (Å²) in [6.07, 6.45) is 0. The Balaban J connectivity index is 0.000000109. The van der Waals surface area contributed by atoms with Gasteiger partial charge in [-0.1, -0.05) is 252 Å². The molecule has 0 saturated carbocycles. The zero-order valence-electron chi connectivity index (χ0n) is 67.6.